The van der Waals surface area contributed by atoms with Gasteiger partial charge in [0.2, 0.25) is 0 Å². The van der Waals surface area contributed by atoms with Crippen LogP contribution in [-0.2, 0) is 9.53 Å². The van der Waals surface area contributed by atoms with E-state index in [2.05, 4.69) is 0 Å². The number of ether oxygens (including phenoxy) is 1. The number of esters is 1. The van der Waals surface area contributed by atoms with Gasteiger partial charge < -0.3 is 4.74 Å². The predicted octanol–water partition coefficient (Wildman–Crippen LogP) is 2.46. The van der Waals surface area contributed by atoms with Gasteiger partial charge in [0, 0.05) is 5.92 Å². The van der Waals surface area contributed by atoms with Crippen LogP contribution < -0.4 is 0 Å². The van der Waals surface area contributed by atoms with Gasteiger partial charge in [0.15, 0.2) is 0 Å². The third-order valence-corrected chi connectivity index (χ3v) is 2.49. The molecule has 0 spiro atoms. The lowest BCUT2D eigenvalue weighted by Crippen LogP contribution is -2.12. The monoisotopic (exact) mass is 220 g/mol. The van der Waals surface area contributed by atoms with Crippen LogP contribution >= 0.6 is 0 Å². The Morgan fingerprint density at radius 1 is 1.25 bits per heavy atom. The average Bonchev–Trinajstić information content (AvgIpc) is 2.29. The molecule has 0 heterocycles. The molecule has 0 aliphatic heterocycles. The highest BCUT2D eigenvalue weighted by Gasteiger charge is 2.10. The summed E-state index contributed by atoms with van der Waals surface area (Å²) in [5.41, 5.74) is 0.540. The van der Waals surface area contributed by atoms with Crippen molar-refractivity contribution in [1.29, 1.82) is 0 Å². The van der Waals surface area contributed by atoms with Crippen LogP contribution in [0.1, 0.15) is 30.6 Å². The Morgan fingerprint density at radius 3 is 2.44 bits per heavy atom. The average molecular weight is 220 g/mol. The van der Waals surface area contributed by atoms with Crippen molar-refractivity contribution >= 4 is 11.8 Å². The molecule has 0 aliphatic rings. The summed E-state index contributed by atoms with van der Waals surface area (Å²) < 4.78 is 5.06. The number of hydrogen-bond acceptors (Lipinski definition) is 3. The summed E-state index contributed by atoms with van der Waals surface area (Å²) in [5.74, 6) is -0.268. The molecule has 0 bridgehead atoms. The molecule has 0 unspecified atom stereocenters. The number of ketones is 1. The summed E-state index contributed by atoms with van der Waals surface area (Å²) in [7, 11) is 0. The van der Waals surface area contributed by atoms with Crippen LogP contribution in [0.4, 0.5) is 0 Å². The normalized spacial score (nSPS) is 11.9. The van der Waals surface area contributed by atoms with Crippen molar-refractivity contribution in [2.45, 2.75) is 20.3 Å². The van der Waals surface area contributed by atoms with Crippen molar-refractivity contribution in [3.8, 4) is 0 Å². The molecule has 0 fully saturated rings. The van der Waals surface area contributed by atoms with E-state index in [1.807, 2.05) is 13.0 Å². The van der Waals surface area contributed by atoms with Gasteiger partial charge in [0.05, 0.1) is 12.2 Å². The summed E-state index contributed by atoms with van der Waals surface area (Å²) in [5, 5.41) is 0. The van der Waals surface area contributed by atoms with Gasteiger partial charge in [0.25, 0.3) is 0 Å². The van der Waals surface area contributed by atoms with Crippen molar-refractivity contribution in [2.24, 2.45) is 5.92 Å². The maximum absolute atomic E-state index is 11.5. The van der Waals surface area contributed by atoms with E-state index in [1.165, 1.54) is 0 Å². The van der Waals surface area contributed by atoms with Gasteiger partial charge in [-0.15, -0.1) is 0 Å². The van der Waals surface area contributed by atoms with E-state index in [9.17, 15) is 9.59 Å². The van der Waals surface area contributed by atoms with E-state index < -0.39 is 0 Å². The second-order valence-corrected chi connectivity index (χ2v) is 3.80. The quantitative estimate of drug-likeness (QED) is 0.716. The summed E-state index contributed by atoms with van der Waals surface area (Å²) in [4.78, 5) is 22.4. The highest BCUT2D eigenvalue weighted by molar-refractivity contribution is 5.89. The Morgan fingerprint density at radius 2 is 1.88 bits per heavy atom. The molecule has 0 N–H and O–H groups in total. The Bertz CT molecular complexity index is 357. The predicted molar refractivity (Wildman–Crippen MR) is 61.2 cm³/mol. The molecule has 0 amide bonds. The summed E-state index contributed by atoms with van der Waals surface area (Å²) in [6, 6.07) is 8.83. The lowest BCUT2D eigenvalue weighted by molar-refractivity contribution is -0.120. The van der Waals surface area contributed by atoms with Crippen LogP contribution in [0.3, 0.4) is 0 Å². The SMILES string of the molecule is CC(=O)[C@H](C)CCOC(=O)c1ccccc1. The first-order valence-corrected chi connectivity index (χ1v) is 5.34. The zero-order valence-electron chi connectivity index (χ0n) is 9.60. The van der Waals surface area contributed by atoms with Gasteiger partial charge >= 0.3 is 5.97 Å². The largest absolute Gasteiger partial charge is 0.462 e. The summed E-state index contributed by atoms with van der Waals surface area (Å²) in [6.45, 7) is 3.66. The van der Waals surface area contributed by atoms with Crippen LogP contribution in [0.15, 0.2) is 30.3 Å². The van der Waals surface area contributed by atoms with Crippen molar-refractivity contribution in [3.05, 3.63) is 35.9 Å². The van der Waals surface area contributed by atoms with Crippen molar-refractivity contribution in [2.75, 3.05) is 6.61 Å². The van der Waals surface area contributed by atoms with Gasteiger partial charge in [-0.05, 0) is 25.5 Å². The minimum Gasteiger partial charge on any atom is -0.462 e. The molecule has 0 aliphatic carbocycles. The van der Waals surface area contributed by atoms with Gasteiger partial charge in [-0.2, -0.15) is 0 Å². The van der Waals surface area contributed by atoms with Crippen molar-refractivity contribution < 1.29 is 14.3 Å². The maximum atomic E-state index is 11.5. The van der Waals surface area contributed by atoms with Crippen molar-refractivity contribution in [1.82, 2.24) is 0 Å². The van der Waals surface area contributed by atoms with E-state index in [-0.39, 0.29) is 24.3 Å². The molecule has 3 nitrogen and oxygen atoms in total. The lowest BCUT2D eigenvalue weighted by atomic mass is 10.1. The zero-order valence-corrected chi connectivity index (χ0v) is 9.60. The molecule has 86 valence electrons. The molecular weight excluding hydrogens is 204 g/mol. The molecule has 3 heteroatoms. The highest BCUT2D eigenvalue weighted by atomic mass is 16.5. The van der Waals surface area contributed by atoms with E-state index >= 15 is 0 Å². The molecular formula is C13H16O3. The van der Waals surface area contributed by atoms with Gasteiger partial charge in [-0.25, -0.2) is 4.79 Å². The lowest BCUT2D eigenvalue weighted by Gasteiger charge is -2.08. The van der Waals surface area contributed by atoms with Gasteiger partial charge in [-0.3, -0.25) is 4.79 Å². The first kappa shape index (κ1) is 12.4. The van der Waals surface area contributed by atoms with Crippen LogP contribution in [0.25, 0.3) is 0 Å². The number of rotatable bonds is 5. The van der Waals surface area contributed by atoms with E-state index in [0.29, 0.717) is 12.0 Å². The third kappa shape index (κ3) is 3.85. The molecule has 16 heavy (non-hydrogen) atoms. The molecule has 0 saturated heterocycles. The van der Waals surface area contributed by atoms with Gasteiger partial charge in [0.1, 0.15) is 5.78 Å². The maximum Gasteiger partial charge on any atom is 0.338 e. The second-order valence-electron chi connectivity index (χ2n) is 3.80. The fourth-order valence-corrected chi connectivity index (χ4v) is 1.19. The van der Waals surface area contributed by atoms with Crippen molar-refractivity contribution in [3.63, 3.8) is 0 Å². The smallest absolute Gasteiger partial charge is 0.338 e. The van der Waals surface area contributed by atoms with E-state index in [0.717, 1.165) is 0 Å². The molecule has 1 atom stereocenters. The second kappa shape index (κ2) is 6.05. The Hall–Kier alpha value is -1.64. The molecule has 1 aromatic rings. The minimum absolute atomic E-state index is 0.0522. The first-order chi connectivity index (χ1) is 7.61. The molecule has 1 aromatic carbocycles. The number of carbonyl (C=O) groups excluding carboxylic acids is 2. The Labute approximate surface area is 95.4 Å². The first-order valence-electron chi connectivity index (χ1n) is 5.34. The van der Waals surface area contributed by atoms with E-state index in [4.69, 9.17) is 4.74 Å². The fourth-order valence-electron chi connectivity index (χ4n) is 1.19. The zero-order chi connectivity index (χ0) is 12.0. The topological polar surface area (TPSA) is 43.4 Å². The fraction of sp³-hybridized carbons (Fsp3) is 0.385. The van der Waals surface area contributed by atoms with Crippen LogP contribution in [0.2, 0.25) is 0 Å². The molecule has 0 aromatic heterocycles. The number of hydrogen-bond donors (Lipinski definition) is 0. The minimum atomic E-state index is -0.337. The van der Waals surface area contributed by atoms with E-state index in [1.54, 1.807) is 31.2 Å². The molecule has 1 rings (SSSR count). The number of carbonyl (C=O) groups is 2. The number of Topliss-reactive ketones (excluding diaryl/α,β-unsaturated/α-hetero) is 1. The molecule has 0 radical (unpaired) electrons. The Kier molecular flexibility index (Phi) is 4.70. The van der Waals surface area contributed by atoms with Gasteiger partial charge in [-0.1, -0.05) is 25.1 Å². The van der Waals surface area contributed by atoms with Crippen LogP contribution in [0, 0.1) is 5.92 Å². The summed E-state index contributed by atoms with van der Waals surface area (Å²) >= 11 is 0. The number of benzene rings is 1. The van der Waals surface area contributed by atoms with Crippen LogP contribution in [0.5, 0.6) is 0 Å². The summed E-state index contributed by atoms with van der Waals surface area (Å²) in [6.07, 6.45) is 0.577. The third-order valence-electron chi connectivity index (χ3n) is 2.49. The Balaban J connectivity index is 2.34. The standard InChI is InChI=1S/C13H16O3/c1-10(11(2)14)8-9-16-13(15)12-6-4-3-5-7-12/h3-7,10H,8-9H2,1-2H3/t10-/m1/s1. The van der Waals surface area contributed by atoms with Crippen LogP contribution in [-0.4, -0.2) is 18.4 Å². The highest BCUT2D eigenvalue weighted by Crippen LogP contribution is 2.05. The molecule has 0 saturated carbocycles.